The van der Waals surface area contributed by atoms with E-state index in [4.69, 9.17) is 0 Å². The van der Waals surface area contributed by atoms with Gasteiger partial charge < -0.3 is 14.8 Å². The number of rotatable bonds is 5. The molecule has 0 atom stereocenters. The Morgan fingerprint density at radius 3 is 2.83 bits per heavy atom. The fourth-order valence-electron chi connectivity index (χ4n) is 2.41. The van der Waals surface area contributed by atoms with Gasteiger partial charge in [-0.3, -0.25) is 14.9 Å². The Hall–Kier alpha value is -3.16. The van der Waals surface area contributed by atoms with Crippen molar-refractivity contribution >= 4 is 11.9 Å². The number of imidazole rings is 1. The molecule has 0 saturated heterocycles. The molecule has 3 rings (SSSR count). The number of nitrogens with zero attached hydrogens (tertiary/aromatic N) is 5. The summed E-state index contributed by atoms with van der Waals surface area (Å²) >= 11 is 0. The van der Waals surface area contributed by atoms with Crippen molar-refractivity contribution in [3.05, 3.63) is 48.2 Å². The highest BCUT2D eigenvalue weighted by atomic mass is 16.1. The van der Waals surface area contributed by atoms with Crippen LogP contribution >= 0.6 is 0 Å². The molecule has 2 N–H and O–H groups in total. The standard InChI is InChI=1S/C16H19N7O/c1-22(2)16-19-10-13(23(16)3)9-18-15(24)12-6-11(7-17-8-12)14-4-5-20-21-14/h4-8,10H,9H2,1-3H3,(H,18,24)(H,20,21). The predicted octanol–water partition coefficient (Wildman–Crippen LogP) is 1.20. The summed E-state index contributed by atoms with van der Waals surface area (Å²) in [6.45, 7) is 0.393. The third kappa shape index (κ3) is 3.12. The number of aromatic nitrogens is 5. The van der Waals surface area contributed by atoms with Crippen molar-refractivity contribution in [1.82, 2.24) is 30.0 Å². The van der Waals surface area contributed by atoms with E-state index in [0.717, 1.165) is 22.9 Å². The summed E-state index contributed by atoms with van der Waals surface area (Å²) in [6, 6.07) is 3.61. The van der Waals surface area contributed by atoms with E-state index in [9.17, 15) is 4.79 Å². The van der Waals surface area contributed by atoms with E-state index in [0.29, 0.717) is 12.1 Å². The first kappa shape index (κ1) is 15.7. The number of carbonyl (C=O) groups is 1. The molecule has 0 fully saturated rings. The molecule has 3 heterocycles. The molecule has 3 aromatic heterocycles. The molecule has 0 aromatic carbocycles. The normalized spacial score (nSPS) is 10.6. The van der Waals surface area contributed by atoms with Gasteiger partial charge in [-0.2, -0.15) is 5.10 Å². The molecule has 8 nitrogen and oxygen atoms in total. The number of nitrogens with one attached hydrogen (secondary N) is 2. The van der Waals surface area contributed by atoms with Gasteiger partial charge in [0, 0.05) is 45.3 Å². The van der Waals surface area contributed by atoms with Gasteiger partial charge in [0.1, 0.15) is 0 Å². The van der Waals surface area contributed by atoms with E-state index >= 15 is 0 Å². The Kier molecular flexibility index (Phi) is 4.28. The maximum Gasteiger partial charge on any atom is 0.253 e. The van der Waals surface area contributed by atoms with E-state index in [-0.39, 0.29) is 5.91 Å². The minimum Gasteiger partial charge on any atom is -0.348 e. The smallest absolute Gasteiger partial charge is 0.253 e. The van der Waals surface area contributed by atoms with E-state index < -0.39 is 0 Å². The van der Waals surface area contributed by atoms with Gasteiger partial charge in [-0.05, 0) is 12.1 Å². The summed E-state index contributed by atoms with van der Waals surface area (Å²) in [5.41, 5.74) is 3.05. The van der Waals surface area contributed by atoms with Gasteiger partial charge >= 0.3 is 0 Å². The summed E-state index contributed by atoms with van der Waals surface area (Å²) in [4.78, 5) is 22.8. The third-order valence-corrected chi connectivity index (χ3v) is 3.70. The Labute approximate surface area is 139 Å². The van der Waals surface area contributed by atoms with Crippen molar-refractivity contribution in [2.45, 2.75) is 6.54 Å². The van der Waals surface area contributed by atoms with Crippen LogP contribution in [0.1, 0.15) is 16.1 Å². The molecule has 0 unspecified atom stereocenters. The highest BCUT2D eigenvalue weighted by Crippen LogP contribution is 2.16. The van der Waals surface area contributed by atoms with Gasteiger partial charge in [-0.1, -0.05) is 0 Å². The maximum atomic E-state index is 12.4. The highest BCUT2D eigenvalue weighted by molar-refractivity contribution is 5.94. The van der Waals surface area contributed by atoms with Crippen molar-refractivity contribution in [3.63, 3.8) is 0 Å². The van der Waals surface area contributed by atoms with Crippen LogP contribution in [0.2, 0.25) is 0 Å². The fraction of sp³-hybridized carbons (Fsp3) is 0.250. The summed E-state index contributed by atoms with van der Waals surface area (Å²) in [5.74, 6) is 0.652. The lowest BCUT2D eigenvalue weighted by molar-refractivity contribution is 0.0950. The van der Waals surface area contributed by atoms with E-state index in [1.165, 1.54) is 0 Å². The quantitative estimate of drug-likeness (QED) is 0.735. The zero-order chi connectivity index (χ0) is 17.1. The van der Waals surface area contributed by atoms with Crippen molar-refractivity contribution in [1.29, 1.82) is 0 Å². The molecular weight excluding hydrogens is 306 g/mol. The first-order valence-electron chi connectivity index (χ1n) is 7.47. The van der Waals surface area contributed by atoms with Gasteiger partial charge in [0.25, 0.3) is 5.91 Å². The summed E-state index contributed by atoms with van der Waals surface area (Å²) in [5, 5.41) is 9.67. The summed E-state index contributed by atoms with van der Waals surface area (Å²) in [6.07, 6.45) is 6.65. The van der Waals surface area contributed by atoms with Crippen molar-refractivity contribution < 1.29 is 4.79 Å². The molecule has 1 amide bonds. The van der Waals surface area contributed by atoms with Crippen molar-refractivity contribution in [2.24, 2.45) is 7.05 Å². The molecule has 124 valence electrons. The largest absolute Gasteiger partial charge is 0.348 e. The number of hydrogen-bond acceptors (Lipinski definition) is 5. The molecule has 0 aliphatic carbocycles. The number of pyridine rings is 1. The van der Waals surface area contributed by atoms with Crippen LogP contribution in [0.15, 0.2) is 36.9 Å². The zero-order valence-corrected chi connectivity index (χ0v) is 13.8. The molecule has 3 aromatic rings. The summed E-state index contributed by atoms with van der Waals surface area (Å²) < 4.78 is 1.94. The molecule has 24 heavy (non-hydrogen) atoms. The van der Waals surface area contributed by atoms with Crippen LogP contribution in [0.5, 0.6) is 0 Å². The monoisotopic (exact) mass is 325 g/mol. The second-order valence-corrected chi connectivity index (χ2v) is 5.62. The van der Waals surface area contributed by atoms with Crippen LogP contribution in [0.4, 0.5) is 5.95 Å². The fourth-order valence-corrected chi connectivity index (χ4v) is 2.41. The number of carbonyl (C=O) groups excluding carboxylic acids is 1. The lowest BCUT2D eigenvalue weighted by Gasteiger charge is -2.13. The number of amides is 1. The number of hydrogen-bond donors (Lipinski definition) is 2. The molecule has 0 spiro atoms. The van der Waals surface area contributed by atoms with Crippen LogP contribution < -0.4 is 10.2 Å². The molecule has 0 aliphatic heterocycles. The average molecular weight is 325 g/mol. The first-order valence-corrected chi connectivity index (χ1v) is 7.47. The van der Waals surface area contributed by atoms with Crippen LogP contribution in [-0.2, 0) is 13.6 Å². The van der Waals surface area contributed by atoms with Crippen molar-refractivity contribution in [2.75, 3.05) is 19.0 Å². The Morgan fingerprint density at radius 2 is 2.17 bits per heavy atom. The molecule has 0 aliphatic rings. The van der Waals surface area contributed by atoms with Gasteiger partial charge in [0.05, 0.1) is 29.7 Å². The number of aromatic amines is 1. The van der Waals surface area contributed by atoms with Crippen LogP contribution in [0, 0.1) is 0 Å². The van der Waals surface area contributed by atoms with Crippen LogP contribution in [-0.4, -0.2) is 44.7 Å². The Bertz CT molecular complexity index is 836. The molecular formula is C16H19N7O. The van der Waals surface area contributed by atoms with Crippen LogP contribution in [0.3, 0.4) is 0 Å². The van der Waals surface area contributed by atoms with Gasteiger partial charge in [0.2, 0.25) is 5.95 Å². The first-order chi connectivity index (χ1) is 11.6. The Morgan fingerprint density at radius 1 is 1.33 bits per heavy atom. The van der Waals surface area contributed by atoms with Gasteiger partial charge in [-0.25, -0.2) is 4.98 Å². The van der Waals surface area contributed by atoms with E-state index in [1.807, 2.05) is 36.7 Å². The predicted molar refractivity (Wildman–Crippen MR) is 90.5 cm³/mol. The lowest BCUT2D eigenvalue weighted by atomic mass is 10.1. The second-order valence-electron chi connectivity index (χ2n) is 5.62. The SMILES string of the molecule is CN(C)c1ncc(CNC(=O)c2cncc(-c3ccn[nH]3)c2)n1C. The van der Waals surface area contributed by atoms with Crippen LogP contribution in [0.25, 0.3) is 11.3 Å². The van der Waals surface area contributed by atoms with Gasteiger partial charge in [-0.15, -0.1) is 0 Å². The van der Waals surface area contributed by atoms with E-state index in [1.54, 1.807) is 30.9 Å². The number of H-pyrrole nitrogens is 1. The Balaban J connectivity index is 1.71. The third-order valence-electron chi connectivity index (χ3n) is 3.70. The van der Waals surface area contributed by atoms with Crippen molar-refractivity contribution in [3.8, 4) is 11.3 Å². The lowest BCUT2D eigenvalue weighted by Crippen LogP contribution is -2.24. The minimum atomic E-state index is -0.184. The second kappa shape index (κ2) is 6.53. The zero-order valence-electron chi connectivity index (χ0n) is 13.8. The topological polar surface area (TPSA) is 91.7 Å². The molecule has 0 bridgehead atoms. The molecule has 0 saturated carbocycles. The van der Waals surface area contributed by atoms with Gasteiger partial charge in [0.15, 0.2) is 0 Å². The summed E-state index contributed by atoms with van der Waals surface area (Å²) in [7, 11) is 5.78. The average Bonchev–Trinajstić information content (AvgIpc) is 3.22. The maximum absolute atomic E-state index is 12.4. The number of anilines is 1. The van der Waals surface area contributed by atoms with E-state index in [2.05, 4.69) is 25.5 Å². The molecule has 8 heteroatoms. The highest BCUT2D eigenvalue weighted by Gasteiger charge is 2.11. The molecule has 0 radical (unpaired) electrons. The minimum absolute atomic E-state index is 0.184.